The van der Waals surface area contributed by atoms with Crippen LogP contribution in [0.2, 0.25) is 0 Å². The summed E-state index contributed by atoms with van der Waals surface area (Å²) in [6.45, 7) is 6.51. The molecule has 2 aliphatic carbocycles. The number of aromatic nitrogens is 4. The quantitative estimate of drug-likeness (QED) is 0.0852. The van der Waals surface area contributed by atoms with Crippen LogP contribution in [-0.4, -0.2) is 54.4 Å². The van der Waals surface area contributed by atoms with Gasteiger partial charge in [-0.2, -0.15) is 9.97 Å². The summed E-state index contributed by atoms with van der Waals surface area (Å²) in [6, 6.07) is 16.7. The highest BCUT2D eigenvalue weighted by Crippen LogP contribution is 2.33. The number of hydrogen-bond acceptors (Lipinski definition) is 12. The second-order valence-electron chi connectivity index (χ2n) is 13.9. The fraction of sp³-hybridized carbons (Fsp3) is 0.487. The zero-order valence-corrected chi connectivity index (χ0v) is 30.1. The second-order valence-corrected chi connectivity index (χ2v) is 13.9. The van der Waals surface area contributed by atoms with Crippen LogP contribution in [-0.2, 0) is 6.42 Å². The van der Waals surface area contributed by atoms with E-state index in [9.17, 15) is 10.2 Å². The van der Waals surface area contributed by atoms with Crippen LogP contribution in [0.25, 0.3) is 0 Å². The molecular formula is C39H54N8O4. The van der Waals surface area contributed by atoms with Gasteiger partial charge in [0.1, 0.15) is 11.5 Å². The van der Waals surface area contributed by atoms with E-state index in [1.165, 1.54) is 24.0 Å². The highest BCUT2D eigenvalue weighted by Gasteiger charge is 2.23. The summed E-state index contributed by atoms with van der Waals surface area (Å²) in [6.07, 6.45) is 13.1. The lowest BCUT2D eigenvalue weighted by Gasteiger charge is -2.27. The van der Waals surface area contributed by atoms with Gasteiger partial charge in [-0.25, -0.2) is 9.97 Å². The Morgan fingerprint density at radius 3 is 1.53 bits per heavy atom. The fourth-order valence-electron chi connectivity index (χ4n) is 6.23. The van der Waals surface area contributed by atoms with Crippen molar-refractivity contribution >= 4 is 23.5 Å². The van der Waals surface area contributed by atoms with Crippen molar-refractivity contribution in [1.82, 2.24) is 19.9 Å². The van der Waals surface area contributed by atoms with E-state index in [2.05, 4.69) is 75.6 Å². The molecule has 8 N–H and O–H groups in total. The van der Waals surface area contributed by atoms with E-state index in [0.717, 1.165) is 69.3 Å². The second kappa shape index (κ2) is 18.5. The molecule has 0 aliphatic heterocycles. The number of anilines is 4. The third-order valence-corrected chi connectivity index (χ3v) is 9.37. The van der Waals surface area contributed by atoms with Gasteiger partial charge in [-0.15, -0.1) is 0 Å². The van der Waals surface area contributed by atoms with Gasteiger partial charge < -0.3 is 41.8 Å². The van der Waals surface area contributed by atoms with Gasteiger partial charge in [-0.05, 0) is 106 Å². The number of hydrogen-bond donors (Lipinski definition) is 6. The van der Waals surface area contributed by atoms with Gasteiger partial charge in [0.25, 0.3) is 0 Å². The van der Waals surface area contributed by atoms with Crippen LogP contribution in [0.15, 0.2) is 60.9 Å². The number of aliphatic hydroxyl groups is 2. The average molecular weight is 699 g/mol. The summed E-state index contributed by atoms with van der Waals surface area (Å²) < 4.78 is 12.0. The van der Waals surface area contributed by atoms with E-state index < -0.39 is 0 Å². The van der Waals surface area contributed by atoms with Crippen LogP contribution >= 0.6 is 0 Å². The van der Waals surface area contributed by atoms with Crippen LogP contribution in [0.3, 0.4) is 0 Å². The molecule has 0 amide bonds. The van der Waals surface area contributed by atoms with Gasteiger partial charge in [0.2, 0.25) is 11.9 Å². The number of nitrogen functional groups attached to an aromatic ring is 2. The van der Waals surface area contributed by atoms with Crippen LogP contribution in [0.1, 0.15) is 102 Å². The van der Waals surface area contributed by atoms with Crippen LogP contribution < -0.4 is 31.6 Å². The number of aryl methyl sites for hydroxylation is 1. The third kappa shape index (κ3) is 11.7. The van der Waals surface area contributed by atoms with Gasteiger partial charge >= 0.3 is 0 Å². The largest absolute Gasteiger partial charge is 0.452 e. The minimum atomic E-state index is -0.191. The summed E-state index contributed by atoms with van der Waals surface area (Å²) >= 11 is 0. The van der Waals surface area contributed by atoms with E-state index in [-0.39, 0.29) is 36.2 Å². The summed E-state index contributed by atoms with van der Waals surface area (Å²) in [5.41, 5.74) is 14.1. The van der Waals surface area contributed by atoms with Gasteiger partial charge in [0, 0.05) is 12.1 Å². The smallest absolute Gasteiger partial charge is 0.222 e. The Morgan fingerprint density at radius 1 is 0.686 bits per heavy atom. The van der Waals surface area contributed by atoms with Gasteiger partial charge in [0.05, 0.1) is 24.6 Å². The summed E-state index contributed by atoms with van der Waals surface area (Å²) in [7, 11) is 0. The molecule has 4 aromatic rings. The van der Waals surface area contributed by atoms with Crippen molar-refractivity contribution in [3.05, 3.63) is 72.1 Å². The van der Waals surface area contributed by atoms with E-state index in [1.54, 1.807) is 12.4 Å². The number of unbranched alkanes of at least 4 members (excludes halogenated alkanes) is 1. The van der Waals surface area contributed by atoms with Crippen molar-refractivity contribution in [2.75, 3.05) is 22.1 Å². The Kier molecular flexibility index (Phi) is 13.6. The zero-order chi connectivity index (χ0) is 36.2. The van der Waals surface area contributed by atoms with Crippen molar-refractivity contribution in [3.8, 4) is 23.0 Å². The first-order valence-electron chi connectivity index (χ1n) is 18.3. The molecule has 0 radical (unpaired) electrons. The molecule has 51 heavy (non-hydrogen) atoms. The minimum Gasteiger partial charge on any atom is -0.452 e. The van der Waals surface area contributed by atoms with E-state index in [1.807, 2.05) is 24.3 Å². The molecule has 2 fully saturated rings. The lowest BCUT2D eigenvalue weighted by atomic mass is 9.93. The number of nitrogens with one attached hydrogen (secondary N) is 2. The van der Waals surface area contributed by atoms with Crippen molar-refractivity contribution < 1.29 is 19.7 Å². The standard InChI is InChI=1S/C20H28N4O2.C19H26N4O2/c1-2-3-4-14-5-11-17(12-6-14)26-18-13-22-20(21)24-19(18)23-15-7-9-16(25)10-8-15;1-12(2)13-3-9-16(10-4-13)25-17-11-21-19(20)23-18(17)22-14-5-7-15(24)8-6-14/h5-6,11-13,15-16,25H,2-4,7-10H2,1H3,(H3,21,22,23,24);3-4,9-12,14-15,24H,5-8H2,1-2H3,(H3,20,21,22,23)/t15-,16-;14-,15-. The molecular weight excluding hydrogens is 644 g/mol. The number of nitrogens with zero attached hydrogens (tertiary/aromatic N) is 4. The molecule has 2 aromatic heterocycles. The van der Waals surface area contributed by atoms with Crippen LogP contribution in [0.4, 0.5) is 23.5 Å². The van der Waals surface area contributed by atoms with E-state index >= 15 is 0 Å². The monoisotopic (exact) mass is 698 g/mol. The first-order valence-corrected chi connectivity index (χ1v) is 18.3. The zero-order valence-electron chi connectivity index (χ0n) is 30.1. The average Bonchev–Trinajstić information content (AvgIpc) is 3.13. The molecule has 2 aromatic carbocycles. The van der Waals surface area contributed by atoms with E-state index in [4.69, 9.17) is 20.9 Å². The summed E-state index contributed by atoms with van der Waals surface area (Å²) in [4.78, 5) is 16.7. The Hall–Kier alpha value is -4.68. The highest BCUT2D eigenvalue weighted by atomic mass is 16.5. The van der Waals surface area contributed by atoms with Crippen molar-refractivity contribution in [1.29, 1.82) is 0 Å². The third-order valence-electron chi connectivity index (χ3n) is 9.37. The lowest BCUT2D eigenvalue weighted by molar-refractivity contribution is 0.125. The molecule has 2 heterocycles. The molecule has 6 rings (SSSR count). The molecule has 0 unspecified atom stereocenters. The maximum absolute atomic E-state index is 9.66. The SMILES string of the molecule is CC(C)c1ccc(Oc2cnc(N)nc2N[C@H]2CC[C@H](O)CC2)cc1.CCCCc1ccc(Oc2cnc(N)nc2N[C@H]2CC[C@H](O)CC2)cc1. The molecule has 0 spiro atoms. The first kappa shape index (κ1) is 37.6. The van der Waals surface area contributed by atoms with Gasteiger partial charge in [0.15, 0.2) is 23.1 Å². The predicted molar refractivity (Wildman–Crippen MR) is 202 cm³/mol. The maximum atomic E-state index is 9.66. The summed E-state index contributed by atoms with van der Waals surface area (Å²) in [5.74, 6) is 4.71. The Morgan fingerprint density at radius 2 is 1.12 bits per heavy atom. The normalized spacial score (nSPS) is 20.2. The van der Waals surface area contributed by atoms with Crippen LogP contribution in [0.5, 0.6) is 23.0 Å². The molecule has 12 nitrogen and oxygen atoms in total. The van der Waals surface area contributed by atoms with Gasteiger partial charge in [-0.1, -0.05) is 51.5 Å². The molecule has 0 bridgehead atoms. The predicted octanol–water partition coefficient (Wildman–Crippen LogP) is 7.60. The number of nitrogens with two attached hydrogens (primary N) is 2. The summed E-state index contributed by atoms with van der Waals surface area (Å²) in [5, 5.41) is 26.1. The maximum Gasteiger partial charge on any atom is 0.222 e. The molecule has 12 heteroatoms. The van der Waals surface area contributed by atoms with Crippen molar-refractivity contribution in [3.63, 3.8) is 0 Å². The van der Waals surface area contributed by atoms with Crippen molar-refractivity contribution in [2.45, 2.75) is 122 Å². The topological polar surface area (TPSA) is 187 Å². The number of rotatable bonds is 12. The van der Waals surface area contributed by atoms with Crippen molar-refractivity contribution in [2.24, 2.45) is 0 Å². The molecule has 0 atom stereocenters. The van der Waals surface area contributed by atoms with Gasteiger partial charge in [-0.3, -0.25) is 0 Å². The number of benzene rings is 2. The molecule has 0 saturated heterocycles. The Balaban J connectivity index is 0.000000198. The number of ether oxygens (including phenoxy) is 2. The minimum absolute atomic E-state index is 0.189. The molecule has 274 valence electrons. The lowest BCUT2D eigenvalue weighted by Crippen LogP contribution is -2.28. The molecule has 2 aliphatic rings. The molecule has 2 saturated carbocycles. The fourth-order valence-corrected chi connectivity index (χ4v) is 6.23. The highest BCUT2D eigenvalue weighted by molar-refractivity contribution is 5.54. The number of aliphatic hydroxyl groups excluding tert-OH is 2. The first-order chi connectivity index (χ1) is 24.6. The van der Waals surface area contributed by atoms with Crippen LogP contribution in [0, 0.1) is 0 Å². The Bertz CT molecular complexity index is 1640. The Labute approximate surface area is 301 Å². The van der Waals surface area contributed by atoms with E-state index in [0.29, 0.717) is 29.1 Å².